The van der Waals surface area contributed by atoms with Crippen molar-refractivity contribution in [3.63, 3.8) is 0 Å². The smallest absolute Gasteiger partial charge is 0.303 e. The number of aliphatic hydroxyl groups excluding tert-OH is 3. The van der Waals surface area contributed by atoms with Crippen molar-refractivity contribution in [2.24, 2.45) is 11.8 Å². The van der Waals surface area contributed by atoms with Gasteiger partial charge in [0.15, 0.2) is 0 Å². The van der Waals surface area contributed by atoms with E-state index in [0.29, 0.717) is 24.2 Å². The maximum absolute atomic E-state index is 13.6. The van der Waals surface area contributed by atoms with E-state index in [9.17, 15) is 24.5 Å². The molecule has 0 aliphatic heterocycles. The van der Waals surface area contributed by atoms with Crippen molar-refractivity contribution in [2.75, 3.05) is 5.75 Å². The largest absolute Gasteiger partial charge is 0.481 e. The van der Waals surface area contributed by atoms with Crippen LogP contribution in [0.1, 0.15) is 32.1 Å². The Morgan fingerprint density at radius 2 is 2.00 bits per heavy atom. The van der Waals surface area contributed by atoms with E-state index in [1.54, 1.807) is 30.4 Å². The third-order valence-electron chi connectivity index (χ3n) is 5.05. The Balaban J connectivity index is 1.84. The lowest BCUT2D eigenvalue weighted by Gasteiger charge is -2.19. The molecule has 0 spiro atoms. The normalized spacial score (nSPS) is 25.8. The average Bonchev–Trinajstić information content (AvgIpc) is 2.94. The van der Waals surface area contributed by atoms with E-state index in [2.05, 4.69) is 0 Å². The van der Waals surface area contributed by atoms with Crippen molar-refractivity contribution in [1.82, 2.24) is 0 Å². The summed E-state index contributed by atoms with van der Waals surface area (Å²) in [5.41, 5.74) is 0. The lowest BCUT2D eigenvalue weighted by molar-refractivity contribution is -0.137. The fourth-order valence-electron chi connectivity index (χ4n) is 3.50. The first-order chi connectivity index (χ1) is 13.9. The van der Waals surface area contributed by atoms with E-state index >= 15 is 0 Å². The van der Waals surface area contributed by atoms with Gasteiger partial charge in [0.25, 0.3) is 0 Å². The zero-order valence-corrected chi connectivity index (χ0v) is 17.0. The molecule has 0 heterocycles. The Hall–Kier alpha value is -1.67. The number of unbranched alkanes of at least 4 members (excludes halogenated alkanes) is 1. The summed E-state index contributed by atoms with van der Waals surface area (Å²) in [4.78, 5) is 11.0. The summed E-state index contributed by atoms with van der Waals surface area (Å²) in [5, 5.41) is 39.3. The lowest BCUT2D eigenvalue weighted by Crippen LogP contribution is -2.20. The quantitative estimate of drug-likeness (QED) is 0.247. The van der Waals surface area contributed by atoms with E-state index < -0.39 is 24.3 Å². The molecule has 160 valence electrons. The second-order valence-corrected chi connectivity index (χ2v) is 8.36. The number of carboxylic acids is 1. The molecule has 7 heteroatoms. The van der Waals surface area contributed by atoms with Crippen LogP contribution in [0.5, 0.6) is 0 Å². The van der Waals surface area contributed by atoms with E-state index in [-0.39, 0.29) is 36.2 Å². The summed E-state index contributed by atoms with van der Waals surface area (Å²) in [5.74, 6) is -1.29. The molecule has 1 saturated carbocycles. The van der Waals surface area contributed by atoms with Crippen molar-refractivity contribution in [3.8, 4) is 0 Å². The fourth-order valence-corrected chi connectivity index (χ4v) is 4.34. The van der Waals surface area contributed by atoms with Gasteiger partial charge in [-0.2, -0.15) is 0 Å². The van der Waals surface area contributed by atoms with Crippen LogP contribution in [0.4, 0.5) is 4.39 Å². The maximum atomic E-state index is 13.6. The molecule has 5 atom stereocenters. The Morgan fingerprint density at radius 3 is 2.72 bits per heavy atom. The van der Waals surface area contributed by atoms with Gasteiger partial charge in [-0.1, -0.05) is 36.4 Å². The Labute approximate surface area is 175 Å². The number of aliphatic hydroxyl groups is 3. The van der Waals surface area contributed by atoms with Crippen LogP contribution >= 0.6 is 11.8 Å². The second-order valence-electron chi connectivity index (χ2n) is 7.30. The van der Waals surface area contributed by atoms with Crippen molar-refractivity contribution in [2.45, 2.75) is 55.3 Å². The zero-order chi connectivity index (χ0) is 21.2. The highest BCUT2D eigenvalue weighted by molar-refractivity contribution is 7.99. The summed E-state index contributed by atoms with van der Waals surface area (Å²) >= 11 is 1.22. The fraction of sp³-hybridized carbons (Fsp3) is 0.500. The molecule has 0 saturated heterocycles. The lowest BCUT2D eigenvalue weighted by atomic mass is 9.89. The van der Waals surface area contributed by atoms with Crippen molar-refractivity contribution < 1.29 is 29.6 Å². The zero-order valence-electron chi connectivity index (χ0n) is 16.2. The van der Waals surface area contributed by atoms with Crippen LogP contribution in [0.15, 0.2) is 53.5 Å². The first-order valence-electron chi connectivity index (χ1n) is 9.85. The topological polar surface area (TPSA) is 98.0 Å². The predicted molar refractivity (Wildman–Crippen MR) is 111 cm³/mol. The number of allylic oxidation sites excluding steroid dienone is 2. The molecule has 1 aromatic carbocycles. The molecule has 1 aromatic rings. The Morgan fingerprint density at radius 1 is 1.24 bits per heavy atom. The number of rotatable bonds is 11. The predicted octanol–water partition coefficient (Wildman–Crippen LogP) is 3.39. The minimum Gasteiger partial charge on any atom is -0.481 e. The monoisotopic (exact) mass is 424 g/mol. The highest BCUT2D eigenvalue weighted by Crippen LogP contribution is 2.36. The molecule has 1 aliphatic rings. The van der Waals surface area contributed by atoms with Gasteiger partial charge in [0, 0.05) is 29.4 Å². The van der Waals surface area contributed by atoms with Crippen LogP contribution in [0, 0.1) is 17.7 Å². The van der Waals surface area contributed by atoms with Gasteiger partial charge in [-0.25, -0.2) is 4.39 Å². The number of hydrogen-bond acceptors (Lipinski definition) is 5. The van der Waals surface area contributed by atoms with Crippen molar-refractivity contribution in [3.05, 3.63) is 54.4 Å². The molecule has 4 N–H and O–H groups in total. The summed E-state index contributed by atoms with van der Waals surface area (Å²) in [7, 11) is 0. The highest BCUT2D eigenvalue weighted by Gasteiger charge is 2.39. The molecule has 0 amide bonds. The van der Waals surface area contributed by atoms with Gasteiger partial charge in [-0.15, -0.1) is 11.8 Å². The summed E-state index contributed by atoms with van der Waals surface area (Å²) in [6.07, 6.45) is 7.26. The number of aliphatic carboxylic acids is 1. The minimum absolute atomic E-state index is 0.128. The van der Waals surface area contributed by atoms with Crippen molar-refractivity contribution >= 4 is 17.7 Å². The van der Waals surface area contributed by atoms with Gasteiger partial charge in [0.2, 0.25) is 0 Å². The van der Waals surface area contributed by atoms with Crippen LogP contribution in [-0.2, 0) is 4.79 Å². The third kappa shape index (κ3) is 7.93. The van der Waals surface area contributed by atoms with E-state index in [0.717, 1.165) is 0 Å². The molecule has 1 unspecified atom stereocenters. The minimum atomic E-state index is -0.815. The molecular weight excluding hydrogens is 395 g/mol. The SMILES string of the molecule is O=C(O)CCC/C=C\C[C@@H]1C(/C=C/[C@@H](O)CSc2ccccc2F)[C@H](O)C[C@@H]1O. The Kier molecular flexibility index (Phi) is 9.87. The first kappa shape index (κ1) is 23.6. The number of carboxylic acid groups (broad SMARTS) is 1. The van der Waals surface area contributed by atoms with Crippen LogP contribution in [0.25, 0.3) is 0 Å². The molecule has 2 rings (SSSR count). The molecule has 5 nitrogen and oxygen atoms in total. The van der Waals surface area contributed by atoms with Gasteiger partial charge < -0.3 is 20.4 Å². The second kappa shape index (κ2) is 12.1. The van der Waals surface area contributed by atoms with Crippen LogP contribution in [0.3, 0.4) is 0 Å². The van der Waals surface area contributed by atoms with Gasteiger partial charge in [-0.05, 0) is 37.3 Å². The number of thioether (sulfide) groups is 1. The average molecular weight is 425 g/mol. The van der Waals surface area contributed by atoms with Crippen molar-refractivity contribution in [1.29, 1.82) is 0 Å². The molecule has 0 radical (unpaired) electrons. The van der Waals surface area contributed by atoms with Crippen LogP contribution in [-0.4, -0.2) is 50.5 Å². The molecular formula is C22H29FO5S. The molecule has 1 aliphatic carbocycles. The van der Waals surface area contributed by atoms with Crippen LogP contribution in [0.2, 0.25) is 0 Å². The summed E-state index contributed by atoms with van der Waals surface area (Å²) in [6, 6.07) is 6.39. The van der Waals surface area contributed by atoms with Gasteiger partial charge in [0.1, 0.15) is 5.82 Å². The molecule has 0 bridgehead atoms. The van der Waals surface area contributed by atoms with Crippen LogP contribution < -0.4 is 0 Å². The van der Waals surface area contributed by atoms with Gasteiger partial charge >= 0.3 is 5.97 Å². The number of hydrogen-bond donors (Lipinski definition) is 4. The number of carbonyl (C=O) groups is 1. The summed E-state index contributed by atoms with van der Waals surface area (Å²) in [6.45, 7) is 0. The first-order valence-corrected chi connectivity index (χ1v) is 10.8. The standard InChI is InChI=1S/C22H29FO5S/c23-18-8-5-6-9-21(18)29-14-15(24)11-12-17-16(19(25)13-20(17)26)7-3-1-2-4-10-22(27)28/h1,3,5-6,8-9,11-12,15-17,19-20,24-26H,2,4,7,10,13-14H2,(H,27,28)/b3-1-,12-11+/t15-,16-,17?,19+,20-/m1/s1. The molecule has 0 aromatic heterocycles. The van der Waals surface area contributed by atoms with E-state index in [4.69, 9.17) is 5.11 Å². The molecule has 29 heavy (non-hydrogen) atoms. The number of benzene rings is 1. The Bertz CT molecular complexity index is 708. The van der Waals surface area contributed by atoms with E-state index in [1.165, 1.54) is 17.8 Å². The third-order valence-corrected chi connectivity index (χ3v) is 6.20. The van der Waals surface area contributed by atoms with Gasteiger partial charge in [-0.3, -0.25) is 4.79 Å². The molecule has 1 fully saturated rings. The van der Waals surface area contributed by atoms with Gasteiger partial charge in [0.05, 0.1) is 18.3 Å². The van der Waals surface area contributed by atoms with E-state index in [1.807, 2.05) is 12.2 Å². The maximum Gasteiger partial charge on any atom is 0.303 e. The number of halogens is 1. The summed E-state index contributed by atoms with van der Waals surface area (Å²) < 4.78 is 13.6. The highest BCUT2D eigenvalue weighted by atomic mass is 32.2.